The monoisotopic (exact) mass is 440 g/mol. The molecular formula is C19H21ClN2O6S. The van der Waals surface area contributed by atoms with Crippen LogP contribution in [0.3, 0.4) is 0 Å². The normalized spacial score (nSPS) is 10.9. The molecule has 0 saturated carbocycles. The lowest BCUT2D eigenvalue weighted by atomic mass is 10.1. The summed E-state index contributed by atoms with van der Waals surface area (Å²) in [5, 5.41) is 3.21. The summed E-state index contributed by atoms with van der Waals surface area (Å²) in [6.07, 6.45) is -0.592. The van der Waals surface area contributed by atoms with Crippen molar-refractivity contribution in [2.24, 2.45) is 0 Å². The summed E-state index contributed by atoms with van der Waals surface area (Å²) < 4.78 is 35.5. The van der Waals surface area contributed by atoms with Gasteiger partial charge in [-0.25, -0.2) is 17.9 Å². The minimum absolute atomic E-state index is 0.0732. The van der Waals surface area contributed by atoms with Gasteiger partial charge < -0.3 is 14.8 Å². The Morgan fingerprint density at radius 2 is 1.79 bits per heavy atom. The van der Waals surface area contributed by atoms with Crippen molar-refractivity contribution in [3.63, 3.8) is 0 Å². The number of hydrogen-bond donors (Lipinski definition) is 2. The van der Waals surface area contributed by atoms with Gasteiger partial charge in [0.05, 0.1) is 24.2 Å². The van der Waals surface area contributed by atoms with E-state index >= 15 is 0 Å². The van der Waals surface area contributed by atoms with Gasteiger partial charge in [0.1, 0.15) is 5.75 Å². The number of carbonyl (C=O) groups is 2. The fourth-order valence-corrected chi connectivity index (χ4v) is 3.51. The highest BCUT2D eigenvalue weighted by Gasteiger charge is 2.17. The molecule has 0 atom stereocenters. The fraction of sp³-hybridized carbons (Fsp3) is 0.263. The molecule has 0 saturated heterocycles. The first-order valence-electron chi connectivity index (χ1n) is 8.67. The number of hydrogen-bond acceptors (Lipinski definition) is 6. The summed E-state index contributed by atoms with van der Waals surface area (Å²) in [5.41, 5.74) is 1.15. The summed E-state index contributed by atoms with van der Waals surface area (Å²) in [6.45, 7) is 2.56. The molecule has 0 radical (unpaired) electrons. The predicted molar refractivity (Wildman–Crippen MR) is 108 cm³/mol. The highest BCUT2D eigenvalue weighted by Crippen LogP contribution is 2.23. The lowest BCUT2D eigenvalue weighted by Crippen LogP contribution is -2.30. The van der Waals surface area contributed by atoms with Crippen LogP contribution in [-0.4, -0.2) is 40.7 Å². The summed E-state index contributed by atoms with van der Waals surface area (Å²) in [6, 6.07) is 10.8. The van der Waals surface area contributed by atoms with E-state index in [0.29, 0.717) is 35.9 Å². The molecule has 2 amide bonds. The van der Waals surface area contributed by atoms with E-state index in [2.05, 4.69) is 10.1 Å². The average molecular weight is 441 g/mol. The maximum Gasteiger partial charge on any atom is 0.420 e. The van der Waals surface area contributed by atoms with E-state index in [9.17, 15) is 18.0 Å². The van der Waals surface area contributed by atoms with Crippen LogP contribution in [0.1, 0.15) is 22.8 Å². The molecule has 0 unspecified atom stereocenters. The zero-order valence-electron chi connectivity index (χ0n) is 15.9. The molecule has 0 aliphatic rings. The van der Waals surface area contributed by atoms with Crippen molar-refractivity contribution in [1.29, 1.82) is 0 Å². The first kappa shape index (κ1) is 22.5. The molecule has 156 valence electrons. The van der Waals surface area contributed by atoms with E-state index in [1.54, 1.807) is 29.0 Å². The molecule has 0 fully saturated rings. The Hall–Kier alpha value is -2.78. The Balaban J connectivity index is 1.97. The minimum Gasteiger partial charge on any atom is -0.493 e. The van der Waals surface area contributed by atoms with Crippen LogP contribution in [0.15, 0.2) is 47.4 Å². The Morgan fingerprint density at radius 3 is 2.41 bits per heavy atom. The molecule has 0 bridgehead atoms. The van der Waals surface area contributed by atoms with Gasteiger partial charge in [0.15, 0.2) is 0 Å². The number of halogens is 1. The number of carbonyl (C=O) groups excluding carboxylic acids is 2. The van der Waals surface area contributed by atoms with Crippen molar-refractivity contribution in [3.8, 4) is 5.75 Å². The summed E-state index contributed by atoms with van der Waals surface area (Å²) in [5.74, 6) is 0.125. The van der Waals surface area contributed by atoms with Crippen LogP contribution < -0.4 is 14.8 Å². The summed E-state index contributed by atoms with van der Waals surface area (Å²) in [4.78, 5) is 23.5. The molecule has 2 rings (SSSR count). The molecule has 8 nitrogen and oxygen atoms in total. The molecule has 0 spiro atoms. The molecule has 2 N–H and O–H groups in total. The zero-order valence-corrected chi connectivity index (χ0v) is 17.5. The van der Waals surface area contributed by atoms with Gasteiger partial charge in [-0.1, -0.05) is 23.7 Å². The van der Waals surface area contributed by atoms with Crippen LogP contribution >= 0.6 is 11.6 Å². The molecule has 0 aliphatic heterocycles. The Bertz CT molecular complexity index is 977. The largest absolute Gasteiger partial charge is 0.493 e. The number of nitrogens with one attached hydrogen (secondary N) is 2. The fourth-order valence-electron chi connectivity index (χ4n) is 2.42. The SMILES string of the molecule is CCOc1ccc(Cl)cc1C(=O)NCCc1ccc(S(=O)(=O)NC(=O)OC)cc1. The number of rotatable bonds is 8. The molecule has 0 heterocycles. The standard InChI is InChI=1S/C19H21ClN2O6S/c1-3-28-17-9-6-14(20)12-16(17)18(23)21-11-10-13-4-7-15(8-5-13)29(25,26)22-19(24)27-2/h4-9,12H,3,10-11H2,1-2H3,(H,21,23)(H,22,24). The second-order valence-electron chi connectivity index (χ2n) is 5.82. The molecule has 0 aliphatic carbocycles. The van der Waals surface area contributed by atoms with Crippen molar-refractivity contribution in [2.75, 3.05) is 20.3 Å². The lowest BCUT2D eigenvalue weighted by molar-refractivity contribution is 0.0950. The molecule has 2 aromatic rings. The highest BCUT2D eigenvalue weighted by molar-refractivity contribution is 7.90. The predicted octanol–water partition coefficient (Wildman–Crippen LogP) is 2.76. The first-order chi connectivity index (χ1) is 13.8. The zero-order chi connectivity index (χ0) is 21.4. The Morgan fingerprint density at radius 1 is 1.10 bits per heavy atom. The number of benzene rings is 2. The highest BCUT2D eigenvalue weighted by atomic mass is 35.5. The van der Waals surface area contributed by atoms with Crippen molar-refractivity contribution in [1.82, 2.24) is 10.0 Å². The Kier molecular flexibility index (Phi) is 7.86. The van der Waals surface area contributed by atoms with E-state index in [-0.39, 0.29) is 10.8 Å². The van der Waals surface area contributed by atoms with Crippen LogP contribution in [0.5, 0.6) is 5.75 Å². The van der Waals surface area contributed by atoms with Gasteiger partial charge >= 0.3 is 6.09 Å². The third kappa shape index (κ3) is 6.37. The third-order valence-corrected chi connectivity index (χ3v) is 5.39. The van der Waals surface area contributed by atoms with Crippen LogP contribution in [0, 0.1) is 0 Å². The van der Waals surface area contributed by atoms with Gasteiger partial charge in [0.2, 0.25) is 0 Å². The van der Waals surface area contributed by atoms with E-state index < -0.39 is 16.1 Å². The molecule has 0 aromatic heterocycles. The molecule has 2 aromatic carbocycles. The van der Waals surface area contributed by atoms with Crippen LogP contribution in [0.2, 0.25) is 5.02 Å². The quantitative estimate of drug-likeness (QED) is 0.653. The molecule has 29 heavy (non-hydrogen) atoms. The van der Waals surface area contributed by atoms with Gasteiger partial charge in [-0.15, -0.1) is 0 Å². The third-order valence-electron chi connectivity index (χ3n) is 3.82. The maximum atomic E-state index is 12.4. The van der Waals surface area contributed by atoms with E-state index in [0.717, 1.165) is 12.7 Å². The van der Waals surface area contributed by atoms with Crippen molar-refractivity contribution >= 4 is 33.6 Å². The summed E-state index contributed by atoms with van der Waals surface area (Å²) >= 11 is 5.96. The van der Waals surface area contributed by atoms with Crippen LogP contribution in [0.4, 0.5) is 4.79 Å². The average Bonchev–Trinajstić information content (AvgIpc) is 2.69. The number of amides is 2. The second kappa shape index (κ2) is 10.1. The van der Waals surface area contributed by atoms with Gasteiger partial charge in [0.25, 0.3) is 15.9 Å². The second-order valence-corrected chi connectivity index (χ2v) is 7.94. The minimum atomic E-state index is -3.99. The van der Waals surface area contributed by atoms with Crippen LogP contribution in [-0.2, 0) is 21.2 Å². The summed E-state index contributed by atoms with van der Waals surface area (Å²) in [7, 11) is -2.92. The topological polar surface area (TPSA) is 111 Å². The number of ether oxygens (including phenoxy) is 2. The first-order valence-corrected chi connectivity index (χ1v) is 10.5. The van der Waals surface area contributed by atoms with E-state index in [1.807, 2.05) is 6.92 Å². The molecule has 10 heteroatoms. The van der Waals surface area contributed by atoms with Crippen molar-refractivity contribution in [3.05, 3.63) is 58.6 Å². The van der Waals surface area contributed by atoms with Gasteiger partial charge in [0, 0.05) is 11.6 Å². The smallest absolute Gasteiger partial charge is 0.420 e. The Labute approximate surface area is 174 Å². The number of sulfonamides is 1. The van der Waals surface area contributed by atoms with E-state index in [1.165, 1.54) is 18.2 Å². The van der Waals surface area contributed by atoms with Crippen molar-refractivity contribution in [2.45, 2.75) is 18.2 Å². The van der Waals surface area contributed by atoms with Crippen molar-refractivity contribution < 1.29 is 27.5 Å². The van der Waals surface area contributed by atoms with E-state index in [4.69, 9.17) is 16.3 Å². The van der Waals surface area contributed by atoms with Crippen LogP contribution in [0.25, 0.3) is 0 Å². The van der Waals surface area contributed by atoms with Gasteiger partial charge in [-0.05, 0) is 49.2 Å². The lowest BCUT2D eigenvalue weighted by Gasteiger charge is -2.11. The van der Waals surface area contributed by atoms with Gasteiger partial charge in [-0.3, -0.25) is 4.79 Å². The number of methoxy groups -OCH3 is 1. The molecular weight excluding hydrogens is 420 g/mol. The maximum absolute atomic E-state index is 12.4. The van der Waals surface area contributed by atoms with Gasteiger partial charge in [-0.2, -0.15) is 0 Å².